The van der Waals surface area contributed by atoms with E-state index in [2.05, 4.69) is 56.1 Å². The Kier molecular flexibility index (Phi) is 6.28. The highest BCUT2D eigenvalue weighted by Gasteiger charge is 2.29. The van der Waals surface area contributed by atoms with E-state index in [9.17, 15) is 0 Å². The first-order valence-electron chi connectivity index (χ1n) is 5.60. The summed E-state index contributed by atoms with van der Waals surface area (Å²) in [4.78, 5) is 0. The average Bonchev–Trinajstić information content (AvgIpc) is 2.39. The lowest BCUT2D eigenvalue weighted by Crippen LogP contribution is -3.00. The van der Waals surface area contributed by atoms with Gasteiger partial charge in [-0.2, -0.15) is 5.26 Å². The molecule has 0 bridgehead atoms. The maximum atomic E-state index is 8.92. The third-order valence-electron chi connectivity index (χ3n) is 2.83. The Morgan fingerprint density at radius 2 is 1.76 bits per heavy atom. The van der Waals surface area contributed by atoms with Crippen LogP contribution in [-0.4, -0.2) is 4.57 Å². The third kappa shape index (κ3) is 3.05. The van der Waals surface area contributed by atoms with Crippen molar-refractivity contribution in [1.82, 2.24) is 4.57 Å². The van der Waals surface area contributed by atoms with Crippen molar-refractivity contribution in [2.45, 2.75) is 58.8 Å². The lowest BCUT2D eigenvalue weighted by molar-refractivity contribution is -0.756. The standard InChI is InChI=1S/C12H20N3S.BrH/c1-8(2)14-10(5)11(6)15(9(3)4)12(14)16-7-13;/h8-9H,1-6H3;1H/q+1;/p-1. The fourth-order valence-corrected chi connectivity index (χ4v) is 3.08. The van der Waals surface area contributed by atoms with Crippen LogP contribution in [-0.2, 0) is 0 Å². The van der Waals surface area contributed by atoms with Crippen LogP contribution in [0.3, 0.4) is 0 Å². The monoisotopic (exact) mass is 317 g/mol. The van der Waals surface area contributed by atoms with E-state index in [0.717, 1.165) is 5.16 Å². The van der Waals surface area contributed by atoms with Gasteiger partial charge in [-0.1, -0.05) is 0 Å². The second kappa shape index (κ2) is 6.46. The Morgan fingerprint density at radius 3 is 2.12 bits per heavy atom. The predicted molar refractivity (Wildman–Crippen MR) is 66.3 cm³/mol. The minimum atomic E-state index is 0. The van der Waals surface area contributed by atoms with Crippen LogP contribution in [0, 0.1) is 24.5 Å². The largest absolute Gasteiger partial charge is 1.00 e. The van der Waals surface area contributed by atoms with Gasteiger partial charge in [0.05, 0.1) is 23.8 Å². The van der Waals surface area contributed by atoms with Gasteiger partial charge in [-0.05, 0) is 27.7 Å². The number of thiocyanates is 1. The predicted octanol–water partition coefficient (Wildman–Crippen LogP) is 0.131. The van der Waals surface area contributed by atoms with Crippen LogP contribution >= 0.6 is 11.8 Å². The zero-order valence-corrected chi connectivity index (χ0v) is 13.7. The lowest BCUT2D eigenvalue weighted by atomic mass is 10.3. The molecule has 0 spiro atoms. The van der Waals surface area contributed by atoms with Crippen molar-refractivity contribution in [2.75, 3.05) is 0 Å². The Labute approximate surface area is 119 Å². The fourth-order valence-electron chi connectivity index (χ4n) is 2.11. The summed E-state index contributed by atoms with van der Waals surface area (Å²) in [6.45, 7) is 12.8. The van der Waals surface area contributed by atoms with Gasteiger partial charge in [0.2, 0.25) is 0 Å². The first-order valence-corrected chi connectivity index (χ1v) is 6.42. The molecule has 0 aliphatic heterocycles. The molecule has 1 heterocycles. The van der Waals surface area contributed by atoms with Gasteiger partial charge in [0.1, 0.15) is 16.8 Å². The van der Waals surface area contributed by atoms with Gasteiger partial charge in [0, 0.05) is 13.8 Å². The summed E-state index contributed by atoms with van der Waals surface area (Å²) in [6.07, 6.45) is 0. The SMILES string of the molecule is Cc1c(C)[n+](C(C)C)c(SC#N)n1C(C)C.[Br-]. The number of nitriles is 1. The summed E-state index contributed by atoms with van der Waals surface area (Å²) in [5.41, 5.74) is 2.50. The Balaban J connectivity index is 0.00000256. The van der Waals surface area contributed by atoms with Gasteiger partial charge < -0.3 is 17.0 Å². The molecule has 0 amide bonds. The lowest BCUT2D eigenvalue weighted by Gasteiger charge is -2.07. The quantitative estimate of drug-likeness (QED) is 0.451. The summed E-state index contributed by atoms with van der Waals surface area (Å²) in [5.74, 6) is 0. The molecular weight excluding hydrogens is 298 g/mol. The molecule has 0 aliphatic rings. The molecule has 0 aliphatic carbocycles. The van der Waals surface area contributed by atoms with Crippen molar-refractivity contribution in [2.24, 2.45) is 0 Å². The molecule has 0 aromatic carbocycles. The maximum absolute atomic E-state index is 8.92. The van der Waals surface area contributed by atoms with Crippen molar-refractivity contribution >= 4 is 11.8 Å². The minimum Gasteiger partial charge on any atom is -1.00 e. The third-order valence-corrected chi connectivity index (χ3v) is 3.50. The first-order chi connectivity index (χ1) is 7.41. The molecule has 3 nitrogen and oxygen atoms in total. The molecular formula is C12H20BrN3S. The van der Waals surface area contributed by atoms with Crippen LogP contribution in [0.2, 0.25) is 0 Å². The number of hydrogen-bond acceptors (Lipinski definition) is 2. The Hall–Kier alpha value is -0.470. The van der Waals surface area contributed by atoms with Gasteiger partial charge in [-0.3, -0.25) is 0 Å². The number of thioether (sulfide) groups is 1. The van der Waals surface area contributed by atoms with E-state index >= 15 is 0 Å². The first kappa shape index (κ1) is 16.5. The Bertz CT molecular complexity index is 398. The fraction of sp³-hybridized carbons (Fsp3) is 0.667. The number of nitrogens with zero attached hydrogens (tertiary/aromatic N) is 3. The van der Waals surface area contributed by atoms with E-state index < -0.39 is 0 Å². The van der Waals surface area contributed by atoms with Crippen LogP contribution in [0.15, 0.2) is 5.16 Å². The van der Waals surface area contributed by atoms with Crippen molar-refractivity contribution < 1.29 is 21.5 Å². The molecule has 0 N–H and O–H groups in total. The molecule has 1 aromatic rings. The summed E-state index contributed by atoms with van der Waals surface area (Å²) >= 11 is 1.25. The van der Waals surface area contributed by atoms with Crippen LogP contribution < -0.4 is 21.5 Å². The van der Waals surface area contributed by atoms with Gasteiger partial charge >= 0.3 is 5.16 Å². The normalized spacial score (nSPS) is 10.5. The highest BCUT2D eigenvalue weighted by Crippen LogP contribution is 2.24. The van der Waals surface area contributed by atoms with Crippen LogP contribution in [0.25, 0.3) is 0 Å². The smallest absolute Gasteiger partial charge is 0.333 e. The zero-order valence-electron chi connectivity index (χ0n) is 11.3. The van der Waals surface area contributed by atoms with Crippen molar-refractivity contribution in [3.8, 4) is 5.40 Å². The topological polar surface area (TPSA) is 32.6 Å². The van der Waals surface area contributed by atoms with Gasteiger partial charge in [0.15, 0.2) is 0 Å². The summed E-state index contributed by atoms with van der Waals surface area (Å²) in [6, 6.07) is 0.768. The van der Waals surface area contributed by atoms with Crippen LogP contribution in [0.1, 0.15) is 51.2 Å². The van der Waals surface area contributed by atoms with E-state index in [0.29, 0.717) is 12.1 Å². The molecule has 1 aromatic heterocycles. The van der Waals surface area contributed by atoms with Crippen LogP contribution in [0.5, 0.6) is 0 Å². The number of hydrogen-bond donors (Lipinski definition) is 0. The van der Waals surface area contributed by atoms with Gasteiger partial charge in [-0.25, -0.2) is 9.13 Å². The Morgan fingerprint density at radius 1 is 1.24 bits per heavy atom. The molecule has 96 valence electrons. The number of halogens is 1. The maximum Gasteiger partial charge on any atom is 0.333 e. The summed E-state index contributed by atoms with van der Waals surface area (Å²) in [5, 5.41) is 12.2. The molecule has 17 heavy (non-hydrogen) atoms. The zero-order chi connectivity index (χ0) is 12.5. The van der Waals surface area contributed by atoms with Crippen molar-refractivity contribution in [1.29, 1.82) is 5.26 Å². The average molecular weight is 318 g/mol. The highest BCUT2D eigenvalue weighted by atomic mass is 79.9. The van der Waals surface area contributed by atoms with E-state index in [1.54, 1.807) is 0 Å². The molecule has 0 unspecified atom stereocenters. The summed E-state index contributed by atoms with van der Waals surface area (Å²) < 4.78 is 4.48. The molecule has 1 rings (SSSR count). The van der Waals surface area contributed by atoms with E-state index in [-0.39, 0.29) is 17.0 Å². The molecule has 0 atom stereocenters. The summed E-state index contributed by atoms with van der Waals surface area (Å²) in [7, 11) is 0. The number of imidazole rings is 1. The second-order valence-electron chi connectivity index (χ2n) is 4.57. The van der Waals surface area contributed by atoms with Crippen LogP contribution in [0.4, 0.5) is 0 Å². The molecule has 0 radical (unpaired) electrons. The second-order valence-corrected chi connectivity index (χ2v) is 5.33. The van der Waals surface area contributed by atoms with E-state index in [1.807, 2.05) is 0 Å². The number of rotatable bonds is 3. The number of aromatic nitrogens is 2. The molecule has 0 saturated heterocycles. The highest BCUT2D eigenvalue weighted by molar-refractivity contribution is 8.03. The molecule has 0 saturated carbocycles. The van der Waals surface area contributed by atoms with Gasteiger partial charge in [-0.15, -0.1) is 0 Å². The van der Waals surface area contributed by atoms with E-state index in [1.165, 1.54) is 23.1 Å². The van der Waals surface area contributed by atoms with E-state index in [4.69, 9.17) is 5.26 Å². The minimum absolute atomic E-state index is 0. The molecule has 5 heteroatoms. The molecule has 0 fully saturated rings. The van der Waals surface area contributed by atoms with Crippen molar-refractivity contribution in [3.63, 3.8) is 0 Å². The van der Waals surface area contributed by atoms with Crippen molar-refractivity contribution in [3.05, 3.63) is 11.4 Å². The van der Waals surface area contributed by atoms with Gasteiger partial charge in [0.25, 0.3) is 0 Å².